The minimum atomic E-state index is 0.110. The van der Waals surface area contributed by atoms with Crippen molar-refractivity contribution in [3.05, 3.63) is 11.3 Å². The molecule has 3 heteroatoms. The Kier molecular flexibility index (Phi) is 5.69. The van der Waals surface area contributed by atoms with Gasteiger partial charge in [-0.15, -0.1) is 0 Å². The van der Waals surface area contributed by atoms with E-state index >= 15 is 0 Å². The molecule has 2 unspecified atom stereocenters. The first-order valence-corrected chi connectivity index (χ1v) is 6.60. The monoisotopic (exact) mass is 240 g/mol. The molecule has 0 aromatic carbocycles. The molecule has 98 valence electrons. The summed E-state index contributed by atoms with van der Waals surface area (Å²) in [5, 5.41) is 9.96. The van der Waals surface area contributed by atoms with Crippen molar-refractivity contribution in [1.82, 2.24) is 0 Å². The predicted molar refractivity (Wildman–Crippen MR) is 68.0 cm³/mol. The van der Waals surface area contributed by atoms with Gasteiger partial charge in [-0.2, -0.15) is 0 Å². The molecular formula is C14H24O3. The summed E-state index contributed by atoms with van der Waals surface area (Å²) in [4.78, 5) is 12.0. The van der Waals surface area contributed by atoms with Crippen molar-refractivity contribution in [2.45, 2.75) is 46.5 Å². The average Bonchev–Trinajstić information content (AvgIpc) is 2.30. The van der Waals surface area contributed by atoms with E-state index in [0.29, 0.717) is 49.7 Å². The summed E-state index contributed by atoms with van der Waals surface area (Å²) in [6, 6.07) is 0. The van der Waals surface area contributed by atoms with Gasteiger partial charge in [0.2, 0.25) is 0 Å². The molecule has 1 rings (SSSR count). The topological polar surface area (TPSA) is 46.5 Å². The average molecular weight is 240 g/mol. The third-order valence-corrected chi connectivity index (χ3v) is 3.45. The third-order valence-electron chi connectivity index (χ3n) is 3.45. The van der Waals surface area contributed by atoms with Crippen LogP contribution in [0.2, 0.25) is 0 Å². The smallest absolute Gasteiger partial charge is 0.162 e. The van der Waals surface area contributed by atoms with Crippen LogP contribution in [0.1, 0.15) is 46.5 Å². The standard InChI is InChI=1S/C14H24O3/c1-4-10(3)6-12-13(15)7-11(8-14(12)16)9-17-5-2/h10-11,15H,4-9H2,1-3H3. The summed E-state index contributed by atoms with van der Waals surface area (Å²) >= 11 is 0. The summed E-state index contributed by atoms with van der Waals surface area (Å²) in [5.41, 5.74) is 0.659. The maximum absolute atomic E-state index is 12.0. The number of ether oxygens (including phenoxy) is 1. The fourth-order valence-electron chi connectivity index (χ4n) is 2.14. The normalized spacial score (nSPS) is 23.0. The van der Waals surface area contributed by atoms with Gasteiger partial charge in [-0.3, -0.25) is 4.79 Å². The molecule has 0 bridgehead atoms. The number of rotatable bonds is 6. The summed E-state index contributed by atoms with van der Waals surface area (Å²) in [5.74, 6) is 1.02. The Morgan fingerprint density at radius 3 is 2.65 bits per heavy atom. The van der Waals surface area contributed by atoms with Gasteiger partial charge in [0.05, 0.1) is 12.4 Å². The summed E-state index contributed by atoms with van der Waals surface area (Å²) in [7, 11) is 0. The molecule has 1 N–H and O–H groups in total. The number of carbonyl (C=O) groups is 1. The van der Waals surface area contributed by atoms with E-state index in [1.807, 2.05) is 6.92 Å². The number of aliphatic hydroxyl groups is 1. The van der Waals surface area contributed by atoms with Gasteiger partial charge in [0.15, 0.2) is 5.78 Å². The van der Waals surface area contributed by atoms with Crippen LogP contribution in [0.4, 0.5) is 0 Å². The van der Waals surface area contributed by atoms with Crippen molar-refractivity contribution in [2.24, 2.45) is 11.8 Å². The predicted octanol–water partition coefficient (Wildman–Crippen LogP) is 3.25. The van der Waals surface area contributed by atoms with E-state index in [1.165, 1.54) is 0 Å². The lowest BCUT2D eigenvalue weighted by atomic mass is 9.83. The molecule has 0 fully saturated rings. The van der Waals surface area contributed by atoms with Gasteiger partial charge in [-0.05, 0) is 25.2 Å². The first-order valence-electron chi connectivity index (χ1n) is 6.60. The second-order valence-electron chi connectivity index (χ2n) is 5.00. The van der Waals surface area contributed by atoms with Gasteiger partial charge in [-0.1, -0.05) is 20.3 Å². The van der Waals surface area contributed by atoms with E-state index in [0.717, 1.165) is 6.42 Å². The Morgan fingerprint density at radius 2 is 2.12 bits per heavy atom. The van der Waals surface area contributed by atoms with Gasteiger partial charge >= 0.3 is 0 Å². The molecule has 0 heterocycles. The molecule has 2 atom stereocenters. The number of hydrogen-bond acceptors (Lipinski definition) is 3. The van der Waals surface area contributed by atoms with Gasteiger partial charge in [-0.25, -0.2) is 0 Å². The fourth-order valence-corrected chi connectivity index (χ4v) is 2.14. The third kappa shape index (κ3) is 4.15. The molecule has 3 nitrogen and oxygen atoms in total. The van der Waals surface area contributed by atoms with E-state index in [4.69, 9.17) is 4.74 Å². The van der Waals surface area contributed by atoms with Crippen LogP contribution in [0, 0.1) is 11.8 Å². The molecule has 1 aliphatic rings. The molecule has 0 saturated heterocycles. The number of allylic oxidation sites excluding steroid dienone is 2. The zero-order valence-corrected chi connectivity index (χ0v) is 11.2. The second kappa shape index (κ2) is 6.80. The number of ketones is 1. The van der Waals surface area contributed by atoms with Crippen LogP contribution in [0.3, 0.4) is 0 Å². The summed E-state index contributed by atoms with van der Waals surface area (Å²) in [6.07, 6.45) is 2.86. The molecule has 0 amide bonds. The molecule has 0 aromatic rings. The van der Waals surface area contributed by atoms with Crippen LogP contribution in [0.25, 0.3) is 0 Å². The number of hydrogen-bond donors (Lipinski definition) is 1. The van der Waals surface area contributed by atoms with Gasteiger partial charge in [0.1, 0.15) is 0 Å². The van der Waals surface area contributed by atoms with Crippen LogP contribution in [0.15, 0.2) is 11.3 Å². The Labute approximate surface area is 104 Å². The Balaban J connectivity index is 2.62. The van der Waals surface area contributed by atoms with E-state index in [-0.39, 0.29) is 11.7 Å². The fraction of sp³-hybridized carbons (Fsp3) is 0.786. The van der Waals surface area contributed by atoms with Gasteiger partial charge in [0.25, 0.3) is 0 Å². The molecule has 0 aliphatic heterocycles. The van der Waals surface area contributed by atoms with Gasteiger partial charge < -0.3 is 9.84 Å². The molecule has 0 aromatic heterocycles. The Hall–Kier alpha value is -0.830. The van der Waals surface area contributed by atoms with Crippen molar-refractivity contribution in [3.8, 4) is 0 Å². The highest BCUT2D eigenvalue weighted by Crippen LogP contribution is 2.30. The number of Topliss-reactive ketones (excluding diaryl/α,β-unsaturated/α-hetero) is 1. The maximum Gasteiger partial charge on any atom is 0.162 e. The first-order chi connectivity index (χ1) is 8.08. The minimum absolute atomic E-state index is 0.110. The van der Waals surface area contributed by atoms with E-state index in [1.54, 1.807) is 0 Å². The SMILES string of the molecule is CCOCC1CC(=O)C(CC(C)CC)=C(O)C1. The lowest BCUT2D eigenvalue weighted by Gasteiger charge is -2.24. The van der Waals surface area contributed by atoms with Crippen LogP contribution in [-0.2, 0) is 9.53 Å². The summed E-state index contributed by atoms with van der Waals surface area (Å²) < 4.78 is 5.32. The molecule has 0 spiro atoms. The Bertz CT molecular complexity index is 294. The zero-order valence-electron chi connectivity index (χ0n) is 11.2. The number of aliphatic hydroxyl groups excluding tert-OH is 1. The maximum atomic E-state index is 12.0. The molecule has 17 heavy (non-hydrogen) atoms. The summed E-state index contributed by atoms with van der Waals surface area (Å²) in [6.45, 7) is 7.39. The minimum Gasteiger partial charge on any atom is -0.512 e. The molecule has 0 radical (unpaired) electrons. The van der Waals surface area contributed by atoms with Crippen molar-refractivity contribution < 1.29 is 14.6 Å². The van der Waals surface area contributed by atoms with Crippen LogP contribution >= 0.6 is 0 Å². The quantitative estimate of drug-likeness (QED) is 0.775. The first kappa shape index (κ1) is 14.2. The van der Waals surface area contributed by atoms with Crippen molar-refractivity contribution in [3.63, 3.8) is 0 Å². The molecule has 1 aliphatic carbocycles. The highest BCUT2D eigenvalue weighted by Gasteiger charge is 2.28. The van der Waals surface area contributed by atoms with Crippen LogP contribution in [-0.4, -0.2) is 24.1 Å². The van der Waals surface area contributed by atoms with Crippen molar-refractivity contribution in [1.29, 1.82) is 0 Å². The second-order valence-corrected chi connectivity index (χ2v) is 5.00. The molecule has 0 saturated carbocycles. The van der Waals surface area contributed by atoms with E-state index < -0.39 is 0 Å². The Morgan fingerprint density at radius 1 is 1.41 bits per heavy atom. The highest BCUT2D eigenvalue weighted by molar-refractivity contribution is 5.96. The van der Waals surface area contributed by atoms with Gasteiger partial charge in [0, 0.05) is 25.0 Å². The van der Waals surface area contributed by atoms with E-state index in [9.17, 15) is 9.90 Å². The lowest BCUT2D eigenvalue weighted by Crippen LogP contribution is -2.24. The highest BCUT2D eigenvalue weighted by atomic mass is 16.5. The molecular weight excluding hydrogens is 216 g/mol. The largest absolute Gasteiger partial charge is 0.512 e. The lowest BCUT2D eigenvalue weighted by molar-refractivity contribution is -0.118. The van der Waals surface area contributed by atoms with Crippen LogP contribution in [0.5, 0.6) is 0 Å². The van der Waals surface area contributed by atoms with Crippen LogP contribution < -0.4 is 0 Å². The van der Waals surface area contributed by atoms with Crippen molar-refractivity contribution >= 4 is 5.78 Å². The number of carbonyl (C=O) groups excluding carboxylic acids is 1. The van der Waals surface area contributed by atoms with Crippen molar-refractivity contribution in [2.75, 3.05) is 13.2 Å². The zero-order chi connectivity index (χ0) is 12.8. The van der Waals surface area contributed by atoms with E-state index in [2.05, 4.69) is 13.8 Å².